The van der Waals surface area contributed by atoms with Crippen LogP contribution in [0.5, 0.6) is 0 Å². The Hall–Kier alpha value is -2.44. The number of halogens is 1. The van der Waals surface area contributed by atoms with Crippen molar-refractivity contribution in [3.05, 3.63) is 58.6 Å². The van der Waals surface area contributed by atoms with E-state index >= 15 is 0 Å². The van der Waals surface area contributed by atoms with Gasteiger partial charge in [0.2, 0.25) is 5.91 Å². The normalized spacial score (nSPS) is 13.0. The third-order valence-corrected chi connectivity index (χ3v) is 4.58. The lowest BCUT2D eigenvalue weighted by molar-refractivity contribution is -0.117. The van der Waals surface area contributed by atoms with E-state index in [1.54, 1.807) is 24.3 Å². The summed E-state index contributed by atoms with van der Waals surface area (Å²) in [4.78, 5) is 24.2. The number of amides is 2. The van der Waals surface area contributed by atoms with Crippen LogP contribution in [-0.2, 0) is 4.79 Å². The smallest absolute Gasteiger partial charge is 0.257 e. The Labute approximate surface area is 162 Å². The van der Waals surface area contributed by atoms with Gasteiger partial charge >= 0.3 is 0 Å². The van der Waals surface area contributed by atoms with Gasteiger partial charge in [0.25, 0.3) is 5.91 Å². The van der Waals surface area contributed by atoms with Crippen LogP contribution < -0.4 is 16.0 Å². The van der Waals surface area contributed by atoms with Gasteiger partial charge in [0.05, 0.1) is 0 Å². The average Bonchev–Trinajstić information content (AvgIpc) is 3.44. The van der Waals surface area contributed by atoms with E-state index in [0.29, 0.717) is 10.6 Å². The van der Waals surface area contributed by atoms with E-state index in [-0.39, 0.29) is 22.8 Å². The van der Waals surface area contributed by atoms with Gasteiger partial charge in [0.1, 0.15) is 0 Å². The van der Waals surface area contributed by atoms with Crippen LogP contribution in [0.1, 0.15) is 28.8 Å². The molecule has 7 heteroatoms. The predicted octanol–water partition coefficient (Wildman–Crippen LogP) is 4.12. The molecule has 26 heavy (non-hydrogen) atoms. The Bertz CT molecular complexity index is 864. The molecule has 1 aliphatic rings. The summed E-state index contributed by atoms with van der Waals surface area (Å²) >= 11 is 11.0. The zero-order valence-corrected chi connectivity index (χ0v) is 15.7. The van der Waals surface area contributed by atoms with Crippen molar-refractivity contribution in [3.63, 3.8) is 0 Å². The number of anilines is 2. The van der Waals surface area contributed by atoms with Crippen LogP contribution >= 0.6 is 23.8 Å². The Morgan fingerprint density at radius 1 is 1.04 bits per heavy atom. The first-order valence-corrected chi connectivity index (χ1v) is 9.01. The number of hydrogen-bond donors (Lipinski definition) is 3. The molecule has 1 fully saturated rings. The van der Waals surface area contributed by atoms with Crippen molar-refractivity contribution in [3.8, 4) is 0 Å². The maximum absolute atomic E-state index is 12.2. The van der Waals surface area contributed by atoms with Gasteiger partial charge in [-0.15, -0.1) is 0 Å². The van der Waals surface area contributed by atoms with Gasteiger partial charge < -0.3 is 10.6 Å². The fourth-order valence-corrected chi connectivity index (χ4v) is 2.75. The molecule has 0 aliphatic heterocycles. The highest BCUT2D eigenvalue weighted by molar-refractivity contribution is 7.80. The van der Waals surface area contributed by atoms with Crippen LogP contribution in [0.2, 0.25) is 5.02 Å². The van der Waals surface area contributed by atoms with Crippen molar-refractivity contribution in [2.24, 2.45) is 5.92 Å². The van der Waals surface area contributed by atoms with Gasteiger partial charge in [-0.05, 0) is 73.9 Å². The molecule has 3 rings (SSSR count). The highest BCUT2D eigenvalue weighted by Gasteiger charge is 2.29. The number of rotatable bonds is 4. The fraction of sp³-hybridized carbons (Fsp3) is 0.211. The lowest BCUT2D eigenvalue weighted by atomic mass is 10.1. The highest BCUT2D eigenvalue weighted by Crippen LogP contribution is 2.31. The monoisotopic (exact) mass is 387 g/mol. The maximum Gasteiger partial charge on any atom is 0.257 e. The molecular weight excluding hydrogens is 370 g/mol. The molecule has 134 valence electrons. The van der Waals surface area contributed by atoms with Crippen molar-refractivity contribution < 1.29 is 9.59 Å². The zero-order chi connectivity index (χ0) is 18.7. The minimum Gasteiger partial charge on any atom is -0.332 e. The highest BCUT2D eigenvalue weighted by atomic mass is 35.5. The van der Waals surface area contributed by atoms with E-state index in [2.05, 4.69) is 16.0 Å². The molecule has 2 aromatic rings. The largest absolute Gasteiger partial charge is 0.332 e. The van der Waals surface area contributed by atoms with Crippen molar-refractivity contribution >= 4 is 52.1 Å². The van der Waals surface area contributed by atoms with Crippen LogP contribution in [0.3, 0.4) is 0 Å². The summed E-state index contributed by atoms with van der Waals surface area (Å²) in [6.07, 6.45) is 1.90. The first kappa shape index (κ1) is 18.4. The quantitative estimate of drug-likeness (QED) is 0.690. The molecule has 0 heterocycles. The van der Waals surface area contributed by atoms with E-state index < -0.39 is 0 Å². The van der Waals surface area contributed by atoms with E-state index in [4.69, 9.17) is 23.8 Å². The van der Waals surface area contributed by atoms with Crippen molar-refractivity contribution in [1.29, 1.82) is 0 Å². The van der Waals surface area contributed by atoms with Gasteiger partial charge in [0, 0.05) is 27.9 Å². The average molecular weight is 388 g/mol. The number of carbonyl (C=O) groups is 2. The lowest BCUT2D eigenvalue weighted by Gasteiger charge is -2.15. The molecule has 5 nitrogen and oxygen atoms in total. The number of hydrogen-bond acceptors (Lipinski definition) is 3. The van der Waals surface area contributed by atoms with E-state index in [1.165, 1.54) is 0 Å². The van der Waals surface area contributed by atoms with Crippen molar-refractivity contribution in [2.45, 2.75) is 19.8 Å². The first-order valence-electron chi connectivity index (χ1n) is 8.22. The minimum absolute atomic E-state index is 0.0452. The molecule has 0 radical (unpaired) electrons. The first-order chi connectivity index (χ1) is 12.4. The zero-order valence-electron chi connectivity index (χ0n) is 14.1. The summed E-state index contributed by atoms with van der Waals surface area (Å²) in [7, 11) is 0. The van der Waals surface area contributed by atoms with Crippen molar-refractivity contribution in [1.82, 2.24) is 5.32 Å². The minimum atomic E-state index is -0.324. The molecule has 0 atom stereocenters. The van der Waals surface area contributed by atoms with Crippen LogP contribution in [-0.4, -0.2) is 16.9 Å². The molecule has 1 aliphatic carbocycles. The van der Waals surface area contributed by atoms with E-state index in [0.717, 1.165) is 29.8 Å². The summed E-state index contributed by atoms with van der Waals surface area (Å²) in [6, 6.07) is 12.0. The molecular formula is C19H18ClN3O2S. The summed E-state index contributed by atoms with van der Waals surface area (Å²) in [5.41, 5.74) is 2.77. The molecule has 0 bridgehead atoms. The number of thiocarbonyl (C=S) groups is 1. The second-order valence-corrected chi connectivity index (χ2v) is 7.00. The summed E-state index contributed by atoms with van der Waals surface area (Å²) in [5, 5.41) is 9.31. The Morgan fingerprint density at radius 3 is 2.27 bits per heavy atom. The maximum atomic E-state index is 12.2. The molecule has 0 unspecified atom stereocenters. The van der Waals surface area contributed by atoms with Crippen LogP contribution in [0.15, 0.2) is 42.5 Å². The standard InChI is InChI=1S/C19H18ClN3O2S/c1-11-15(21-17(24)12-5-6-12)3-2-4-16(11)22-19(26)23-18(25)13-7-9-14(20)10-8-13/h2-4,7-10,12H,5-6H2,1H3,(H,21,24)(H2,22,23,25,26). The summed E-state index contributed by atoms with van der Waals surface area (Å²) in [5.74, 6) is -0.148. The molecule has 0 saturated heterocycles. The molecule has 1 saturated carbocycles. The third kappa shape index (κ3) is 4.59. The summed E-state index contributed by atoms with van der Waals surface area (Å²) < 4.78 is 0. The third-order valence-electron chi connectivity index (χ3n) is 4.12. The van der Waals surface area contributed by atoms with Gasteiger partial charge in [-0.25, -0.2) is 0 Å². The number of nitrogens with one attached hydrogen (secondary N) is 3. The van der Waals surface area contributed by atoms with Crippen molar-refractivity contribution in [2.75, 3.05) is 10.6 Å². The second-order valence-electron chi connectivity index (χ2n) is 6.16. The lowest BCUT2D eigenvalue weighted by Crippen LogP contribution is -2.34. The fourth-order valence-electron chi connectivity index (χ4n) is 2.42. The Morgan fingerprint density at radius 2 is 1.65 bits per heavy atom. The summed E-state index contributed by atoms with van der Waals surface area (Å²) in [6.45, 7) is 1.88. The molecule has 0 spiro atoms. The molecule has 0 aromatic heterocycles. The Balaban J connectivity index is 1.64. The van der Waals surface area contributed by atoms with E-state index in [1.807, 2.05) is 25.1 Å². The van der Waals surface area contributed by atoms with Gasteiger partial charge in [-0.2, -0.15) is 0 Å². The van der Waals surface area contributed by atoms with Crippen LogP contribution in [0.25, 0.3) is 0 Å². The Kier molecular flexibility index (Phi) is 5.54. The topological polar surface area (TPSA) is 70.2 Å². The van der Waals surface area contributed by atoms with Crippen LogP contribution in [0.4, 0.5) is 11.4 Å². The molecule has 2 aromatic carbocycles. The predicted molar refractivity (Wildman–Crippen MR) is 108 cm³/mol. The molecule has 3 N–H and O–H groups in total. The number of carbonyl (C=O) groups excluding carboxylic acids is 2. The second kappa shape index (κ2) is 7.85. The van der Waals surface area contributed by atoms with E-state index in [9.17, 15) is 9.59 Å². The molecule has 2 amide bonds. The van der Waals surface area contributed by atoms with Gasteiger partial charge in [-0.1, -0.05) is 17.7 Å². The van der Waals surface area contributed by atoms with Gasteiger partial charge in [0.15, 0.2) is 5.11 Å². The van der Waals surface area contributed by atoms with Gasteiger partial charge in [-0.3, -0.25) is 14.9 Å². The number of benzene rings is 2. The SMILES string of the molecule is Cc1c(NC(=O)C2CC2)cccc1NC(=S)NC(=O)c1ccc(Cl)cc1. The van der Waals surface area contributed by atoms with Crippen LogP contribution in [0, 0.1) is 12.8 Å².